The van der Waals surface area contributed by atoms with Crippen molar-refractivity contribution in [3.05, 3.63) is 21.7 Å². The maximum Gasteiger partial charge on any atom is 0.339 e. The molecule has 0 aliphatic rings. The van der Waals surface area contributed by atoms with Crippen molar-refractivity contribution in [3.8, 4) is 11.5 Å². The number of aliphatic hydroxyl groups excluding tert-OH is 1. The minimum atomic E-state index is -0.679. The van der Waals surface area contributed by atoms with E-state index in [1.165, 1.54) is 20.3 Å². The number of rotatable bonds is 6. The monoisotopic (exact) mass is 310 g/mol. The van der Waals surface area contributed by atoms with Gasteiger partial charge in [0.15, 0.2) is 5.75 Å². The zero-order valence-corrected chi connectivity index (χ0v) is 11.7. The van der Waals surface area contributed by atoms with Gasteiger partial charge in [-0.3, -0.25) is 0 Å². The van der Waals surface area contributed by atoms with Crippen molar-refractivity contribution in [2.24, 2.45) is 0 Å². The number of methoxy groups -OCH3 is 2. The van der Waals surface area contributed by atoms with Crippen molar-refractivity contribution >= 4 is 29.2 Å². The summed E-state index contributed by atoms with van der Waals surface area (Å²) >= 11 is 12.0. The summed E-state index contributed by atoms with van der Waals surface area (Å²) in [7, 11) is 2.56. The molecule has 0 aliphatic carbocycles. The largest absolute Gasteiger partial charge is 0.491 e. The van der Waals surface area contributed by atoms with Gasteiger partial charge in [-0.2, -0.15) is 4.89 Å². The van der Waals surface area contributed by atoms with Crippen molar-refractivity contribution in [2.45, 2.75) is 0 Å². The molecule has 8 heteroatoms. The van der Waals surface area contributed by atoms with Gasteiger partial charge in [0.25, 0.3) is 0 Å². The third kappa shape index (κ3) is 3.63. The first-order chi connectivity index (χ1) is 9.06. The molecule has 0 fully saturated rings. The molecule has 19 heavy (non-hydrogen) atoms. The number of carbonyl (C=O) groups is 1. The van der Waals surface area contributed by atoms with E-state index in [4.69, 9.17) is 42.8 Å². The maximum atomic E-state index is 11.5. The molecular formula is C11H12Cl2O6. The van der Waals surface area contributed by atoms with Crippen LogP contribution in [-0.4, -0.2) is 38.5 Å². The minimum absolute atomic E-state index is 0.0116. The van der Waals surface area contributed by atoms with Crippen LogP contribution < -0.4 is 9.62 Å². The lowest BCUT2D eigenvalue weighted by molar-refractivity contribution is -0.212. The average molecular weight is 311 g/mol. The van der Waals surface area contributed by atoms with Crippen LogP contribution in [0.4, 0.5) is 0 Å². The van der Waals surface area contributed by atoms with E-state index in [0.29, 0.717) is 0 Å². The van der Waals surface area contributed by atoms with Crippen LogP contribution in [0.3, 0.4) is 0 Å². The van der Waals surface area contributed by atoms with E-state index in [9.17, 15) is 4.79 Å². The van der Waals surface area contributed by atoms with Crippen LogP contribution >= 0.6 is 23.2 Å². The molecule has 0 radical (unpaired) electrons. The Hall–Kier alpha value is -1.21. The zero-order valence-electron chi connectivity index (χ0n) is 10.2. The lowest BCUT2D eigenvalue weighted by Crippen LogP contribution is -2.08. The van der Waals surface area contributed by atoms with Gasteiger partial charge in [0, 0.05) is 0 Å². The van der Waals surface area contributed by atoms with Gasteiger partial charge in [-0.25, -0.2) is 4.79 Å². The third-order valence-electron chi connectivity index (χ3n) is 2.06. The molecule has 0 spiro atoms. The molecule has 0 saturated carbocycles. The molecule has 0 amide bonds. The fourth-order valence-electron chi connectivity index (χ4n) is 1.25. The molecule has 0 bridgehead atoms. The van der Waals surface area contributed by atoms with Gasteiger partial charge in [0.2, 0.25) is 5.75 Å². The van der Waals surface area contributed by atoms with Crippen molar-refractivity contribution in [2.75, 3.05) is 27.4 Å². The van der Waals surface area contributed by atoms with Crippen molar-refractivity contribution in [1.29, 1.82) is 0 Å². The van der Waals surface area contributed by atoms with E-state index in [-0.39, 0.29) is 40.3 Å². The zero-order chi connectivity index (χ0) is 14.4. The fraction of sp³-hybridized carbons (Fsp3) is 0.364. The molecule has 0 saturated heterocycles. The molecule has 0 unspecified atom stereocenters. The predicted molar refractivity (Wildman–Crippen MR) is 68.0 cm³/mol. The van der Waals surface area contributed by atoms with Crippen molar-refractivity contribution < 1.29 is 29.1 Å². The van der Waals surface area contributed by atoms with Gasteiger partial charge in [-0.15, -0.1) is 0 Å². The van der Waals surface area contributed by atoms with Crippen LogP contribution in [-0.2, 0) is 9.62 Å². The fourth-order valence-corrected chi connectivity index (χ4v) is 1.77. The Balaban J connectivity index is 3.22. The minimum Gasteiger partial charge on any atom is -0.491 e. The van der Waals surface area contributed by atoms with Gasteiger partial charge in [-0.05, 0) is 6.07 Å². The summed E-state index contributed by atoms with van der Waals surface area (Å²) in [6.45, 7) is -0.329. The first-order valence-electron chi connectivity index (χ1n) is 5.11. The Bertz CT molecular complexity index is 463. The molecule has 1 N–H and O–H groups in total. The summed E-state index contributed by atoms with van der Waals surface area (Å²) in [5.41, 5.74) is 0.0116. The maximum absolute atomic E-state index is 11.5. The van der Waals surface area contributed by atoms with Gasteiger partial charge in [0.05, 0.1) is 31.4 Å². The topological polar surface area (TPSA) is 74.2 Å². The predicted octanol–water partition coefficient (Wildman–Crippen LogP) is 2.09. The van der Waals surface area contributed by atoms with E-state index in [0.717, 1.165) is 0 Å². The lowest BCUT2D eigenvalue weighted by Gasteiger charge is -2.14. The first kappa shape index (κ1) is 15.8. The number of carbonyl (C=O) groups excluding carboxylic acids is 1. The Kier molecular flexibility index (Phi) is 6.17. The Labute approximate surface area is 119 Å². The smallest absolute Gasteiger partial charge is 0.339 e. The number of halogens is 2. The van der Waals surface area contributed by atoms with Crippen LogP contribution in [0, 0.1) is 0 Å². The van der Waals surface area contributed by atoms with Crippen molar-refractivity contribution in [1.82, 2.24) is 0 Å². The van der Waals surface area contributed by atoms with Gasteiger partial charge >= 0.3 is 5.97 Å². The van der Waals surface area contributed by atoms with Crippen molar-refractivity contribution in [3.63, 3.8) is 0 Å². The summed E-state index contributed by atoms with van der Waals surface area (Å²) in [5.74, 6) is -0.635. The second-order valence-corrected chi connectivity index (χ2v) is 3.99. The molecule has 0 aliphatic heterocycles. The Morgan fingerprint density at radius 1 is 1.32 bits per heavy atom. The molecule has 1 rings (SSSR count). The highest BCUT2D eigenvalue weighted by Gasteiger charge is 2.23. The highest BCUT2D eigenvalue weighted by molar-refractivity contribution is 6.38. The molecule has 0 atom stereocenters. The first-order valence-corrected chi connectivity index (χ1v) is 5.87. The Morgan fingerprint density at radius 3 is 2.53 bits per heavy atom. The number of hydrogen-bond donors (Lipinski definition) is 1. The van der Waals surface area contributed by atoms with E-state index in [1.54, 1.807) is 0 Å². The van der Waals surface area contributed by atoms with Crippen LogP contribution in [0.1, 0.15) is 10.4 Å². The quantitative estimate of drug-likeness (QED) is 0.375. The van der Waals surface area contributed by atoms with Gasteiger partial charge < -0.3 is 19.5 Å². The second kappa shape index (κ2) is 7.40. The molecule has 106 valence electrons. The average Bonchev–Trinajstić information content (AvgIpc) is 2.41. The standard InChI is InChI=1S/C11H12Cl2O6/c1-16-9-7(12)5-6(11(15)17-2)8(13)10(9)19-18-4-3-14/h5,14H,3-4H2,1-2H3. The molecule has 0 aromatic heterocycles. The third-order valence-corrected chi connectivity index (χ3v) is 2.71. The highest BCUT2D eigenvalue weighted by atomic mass is 35.5. The molecule has 0 heterocycles. The number of benzene rings is 1. The number of aliphatic hydroxyl groups is 1. The summed E-state index contributed by atoms with van der Waals surface area (Å²) < 4.78 is 9.59. The summed E-state index contributed by atoms with van der Waals surface area (Å²) in [5, 5.41) is 8.65. The second-order valence-electron chi connectivity index (χ2n) is 3.20. The molecular weight excluding hydrogens is 299 g/mol. The summed E-state index contributed by atoms with van der Waals surface area (Å²) in [6, 6.07) is 1.30. The van der Waals surface area contributed by atoms with E-state index >= 15 is 0 Å². The van der Waals surface area contributed by atoms with Gasteiger partial charge in [-0.1, -0.05) is 23.2 Å². The van der Waals surface area contributed by atoms with Crippen LogP contribution in [0.15, 0.2) is 6.07 Å². The molecule has 6 nitrogen and oxygen atoms in total. The highest BCUT2D eigenvalue weighted by Crippen LogP contribution is 2.43. The summed E-state index contributed by atoms with van der Waals surface area (Å²) in [6.07, 6.45) is 0. The van der Waals surface area contributed by atoms with Crippen LogP contribution in [0.25, 0.3) is 0 Å². The normalized spacial score (nSPS) is 10.2. The van der Waals surface area contributed by atoms with Crippen LogP contribution in [0.2, 0.25) is 10.0 Å². The number of hydrogen-bond acceptors (Lipinski definition) is 6. The Morgan fingerprint density at radius 2 is 2.00 bits per heavy atom. The van der Waals surface area contributed by atoms with E-state index in [2.05, 4.69) is 4.74 Å². The van der Waals surface area contributed by atoms with Gasteiger partial charge in [0.1, 0.15) is 11.6 Å². The molecule has 1 aromatic carbocycles. The number of ether oxygens (including phenoxy) is 2. The van der Waals surface area contributed by atoms with E-state index in [1.807, 2.05) is 0 Å². The SMILES string of the molecule is COC(=O)c1cc(Cl)c(OC)c(OOCCO)c1Cl. The van der Waals surface area contributed by atoms with Crippen LogP contribution in [0.5, 0.6) is 11.5 Å². The number of esters is 1. The summed E-state index contributed by atoms with van der Waals surface area (Å²) in [4.78, 5) is 21.1. The van der Waals surface area contributed by atoms with E-state index < -0.39 is 5.97 Å². The molecule has 1 aromatic rings. The lowest BCUT2D eigenvalue weighted by atomic mass is 10.2.